The Balaban J connectivity index is 1.97. The van der Waals surface area contributed by atoms with Crippen molar-refractivity contribution in [1.29, 1.82) is 0 Å². The van der Waals surface area contributed by atoms with Gasteiger partial charge in [-0.1, -0.05) is 0 Å². The number of carbonyl (C=O) groups excluding carboxylic acids is 2. The summed E-state index contributed by atoms with van der Waals surface area (Å²) in [5.74, 6) is 0.387. The highest BCUT2D eigenvalue weighted by Crippen LogP contribution is 2.54. The van der Waals surface area contributed by atoms with E-state index in [0.29, 0.717) is 11.8 Å². The quantitative estimate of drug-likeness (QED) is 0.589. The number of halogens is 2. The zero-order valence-corrected chi connectivity index (χ0v) is 13.4. The molecule has 0 aromatic heterocycles. The summed E-state index contributed by atoms with van der Waals surface area (Å²) in [5.41, 5.74) is -0.563. The Morgan fingerprint density at radius 1 is 1.25 bits per heavy atom. The minimum absolute atomic E-state index is 0.0246. The normalized spacial score (nSPS) is 36.0. The van der Waals surface area contributed by atoms with E-state index in [0.717, 1.165) is 0 Å². The van der Waals surface area contributed by atoms with Gasteiger partial charge >= 0.3 is 11.9 Å². The maximum Gasteiger partial charge on any atom is 0.311 e. The van der Waals surface area contributed by atoms with Crippen molar-refractivity contribution >= 4 is 35.1 Å². The average molecular weight is 323 g/mol. The minimum Gasteiger partial charge on any atom is -0.461 e. The number of alkyl halides is 2. The number of carbonyl (C=O) groups is 2. The zero-order chi connectivity index (χ0) is 15.1. The van der Waals surface area contributed by atoms with E-state index in [2.05, 4.69) is 0 Å². The summed E-state index contributed by atoms with van der Waals surface area (Å²) in [6, 6.07) is 0. The van der Waals surface area contributed by atoms with Gasteiger partial charge in [0.05, 0.1) is 11.3 Å². The number of ether oxygens (including phenoxy) is 2. The molecule has 0 spiro atoms. The fraction of sp³-hybridized carbons (Fsp3) is 0.857. The monoisotopic (exact) mass is 322 g/mol. The lowest BCUT2D eigenvalue weighted by molar-refractivity contribution is -0.160. The maximum absolute atomic E-state index is 11.9. The Kier molecular flexibility index (Phi) is 4.55. The molecule has 1 heterocycles. The van der Waals surface area contributed by atoms with Crippen LogP contribution in [0.1, 0.15) is 20.8 Å². The van der Waals surface area contributed by atoms with Gasteiger partial charge in [-0.05, 0) is 32.6 Å². The van der Waals surface area contributed by atoms with E-state index in [1.54, 1.807) is 20.8 Å². The number of hydrogen-bond acceptors (Lipinski definition) is 4. The van der Waals surface area contributed by atoms with E-state index in [1.165, 1.54) is 0 Å². The molecule has 2 fully saturated rings. The summed E-state index contributed by atoms with van der Waals surface area (Å²) >= 11 is 11.9. The van der Waals surface area contributed by atoms with E-state index in [-0.39, 0.29) is 48.3 Å². The van der Waals surface area contributed by atoms with Gasteiger partial charge in [0.15, 0.2) is 0 Å². The molecule has 0 unspecified atom stereocenters. The molecule has 0 bridgehead atoms. The van der Waals surface area contributed by atoms with Gasteiger partial charge in [0.2, 0.25) is 0 Å². The molecule has 2 aliphatic rings. The summed E-state index contributed by atoms with van der Waals surface area (Å²) in [6.45, 7) is 5.46. The lowest BCUT2D eigenvalue weighted by atomic mass is 9.57. The van der Waals surface area contributed by atoms with Gasteiger partial charge in [0.25, 0.3) is 0 Å². The molecule has 0 aromatic rings. The molecule has 5 atom stereocenters. The van der Waals surface area contributed by atoms with E-state index in [4.69, 9.17) is 32.7 Å². The highest BCUT2D eigenvalue weighted by Gasteiger charge is 2.62. The topological polar surface area (TPSA) is 52.6 Å². The van der Waals surface area contributed by atoms with Crippen molar-refractivity contribution in [3.63, 3.8) is 0 Å². The van der Waals surface area contributed by atoms with Gasteiger partial charge in [-0.3, -0.25) is 9.59 Å². The first-order chi connectivity index (χ1) is 9.31. The van der Waals surface area contributed by atoms with Crippen molar-refractivity contribution in [3.05, 3.63) is 0 Å². The van der Waals surface area contributed by atoms with E-state index in [1.807, 2.05) is 0 Å². The smallest absolute Gasteiger partial charge is 0.311 e. The summed E-state index contributed by atoms with van der Waals surface area (Å²) in [5, 5.41) is 0. The molecule has 0 amide bonds. The molecule has 1 saturated heterocycles. The summed E-state index contributed by atoms with van der Waals surface area (Å²) in [4.78, 5) is 23.6. The minimum atomic E-state index is -0.563. The van der Waals surface area contributed by atoms with Crippen molar-refractivity contribution in [3.8, 4) is 0 Å². The molecular weight excluding hydrogens is 303 g/mol. The van der Waals surface area contributed by atoms with Crippen molar-refractivity contribution in [1.82, 2.24) is 0 Å². The molecule has 1 aliphatic heterocycles. The first kappa shape index (κ1) is 15.9. The van der Waals surface area contributed by atoms with Crippen LogP contribution in [-0.4, -0.2) is 36.4 Å². The Morgan fingerprint density at radius 2 is 1.85 bits per heavy atom. The molecular formula is C14H20Cl2O4. The lowest BCUT2D eigenvalue weighted by Crippen LogP contribution is -2.52. The van der Waals surface area contributed by atoms with Crippen molar-refractivity contribution < 1.29 is 19.1 Å². The number of cyclic esters (lactones) is 1. The summed E-state index contributed by atoms with van der Waals surface area (Å²) in [6.07, 6.45) is -0.387. The standard InChI is InChI=1S/C14H20Cl2O4/c1-14(2,3)13(18)19-6-9-10-7(4-15)8(5-16)11(10)12(17)20-9/h7-11H,4-6H2,1-3H3/t7-,8+,9-,10+,11+/m1/s1. The molecule has 1 aliphatic carbocycles. The van der Waals surface area contributed by atoms with E-state index >= 15 is 0 Å². The van der Waals surface area contributed by atoms with Crippen LogP contribution in [0.3, 0.4) is 0 Å². The molecule has 0 radical (unpaired) electrons. The van der Waals surface area contributed by atoms with Crippen LogP contribution in [0.2, 0.25) is 0 Å². The van der Waals surface area contributed by atoms with Gasteiger partial charge in [-0.2, -0.15) is 0 Å². The molecule has 114 valence electrons. The second kappa shape index (κ2) is 5.72. The van der Waals surface area contributed by atoms with Crippen molar-refractivity contribution in [2.45, 2.75) is 26.9 Å². The van der Waals surface area contributed by atoms with E-state index in [9.17, 15) is 9.59 Å². The SMILES string of the molecule is CC(C)(C)C(=O)OC[C@H]1OC(=O)[C@H]2[C@@H](CCl)[C@@H](CCl)[C@H]21. The first-order valence-corrected chi connectivity index (χ1v) is 7.87. The second-order valence-corrected chi connectivity index (χ2v) is 7.18. The Morgan fingerprint density at radius 3 is 2.35 bits per heavy atom. The largest absolute Gasteiger partial charge is 0.461 e. The molecule has 20 heavy (non-hydrogen) atoms. The molecule has 1 saturated carbocycles. The fourth-order valence-corrected chi connectivity index (χ4v) is 3.91. The second-order valence-electron chi connectivity index (χ2n) is 6.56. The molecule has 0 aromatic carbocycles. The van der Waals surface area contributed by atoms with Crippen LogP contribution in [0.5, 0.6) is 0 Å². The van der Waals surface area contributed by atoms with Gasteiger partial charge in [-0.25, -0.2) is 0 Å². The predicted octanol–water partition coefficient (Wildman–Crippen LogP) is 2.46. The highest BCUT2D eigenvalue weighted by atomic mass is 35.5. The molecule has 4 nitrogen and oxygen atoms in total. The first-order valence-electron chi connectivity index (χ1n) is 6.81. The third kappa shape index (κ3) is 2.64. The van der Waals surface area contributed by atoms with Crippen LogP contribution < -0.4 is 0 Å². The van der Waals surface area contributed by atoms with Gasteiger partial charge in [0, 0.05) is 17.7 Å². The van der Waals surface area contributed by atoms with Crippen LogP contribution in [0, 0.1) is 29.1 Å². The number of fused-ring (bicyclic) bond motifs is 1. The number of hydrogen-bond donors (Lipinski definition) is 0. The lowest BCUT2D eigenvalue weighted by Gasteiger charge is -2.45. The Hall–Kier alpha value is -0.480. The summed E-state index contributed by atoms with van der Waals surface area (Å²) in [7, 11) is 0. The molecule has 6 heteroatoms. The predicted molar refractivity (Wildman–Crippen MR) is 75.7 cm³/mol. The zero-order valence-electron chi connectivity index (χ0n) is 11.9. The molecule has 0 N–H and O–H groups in total. The van der Waals surface area contributed by atoms with Crippen molar-refractivity contribution in [2.75, 3.05) is 18.4 Å². The number of esters is 2. The van der Waals surface area contributed by atoms with Crippen LogP contribution in [0.25, 0.3) is 0 Å². The third-order valence-corrected chi connectivity index (χ3v) is 4.95. The fourth-order valence-electron chi connectivity index (χ4n) is 3.05. The van der Waals surface area contributed by atoms with E-state index < -0.39 is 5.41 Å². The Labute approximate surface area is 129 Å². The van der Waals surface area contributed by atoms with Gasteiger partial charge in [-0.15, -0.1) is 23.2 Å². The van der Waals surface area contributed by atoms with Crippen LogP contribution in [0.4, 0.5) is 0 Å². The highest BCUT2D eigenvalue weighted by molar-refractivity contribution is 6.19. The summed E-state index contributed by atoms with van der Waals surface area (Å²) < 4.78 is 10.6. The number of rotatable bonds is 4. The maximum atomic E-state index is 11.9. The van der Waals surface area contributed by atoms with Crippen molar-refractivity contribution in [2.24, 2.45) is 29.1 Å². The third-order valence-electron chi connectivity index (χ3n) is 4.24. The van der Waals surface area contributed by atoms with Crippen LogP contribution in [-0.2, 0) is 19.1 Å². The van der Waals surface area contributed by atoms with Crippen LogP contribution in [0.15, 0.2) is 0 Å². The Bertz CT molecular complexity index is 404. The average Bonchev–Trinajstić information content (AvgIpc) is 2.59. The van der Waals surface area contributed by atoms with Gasteiger partial charge in [0.1, 0.15) is 12.7 Å². The van der Waals surface area contributed by atoms with Gasteiger partial charge < -0.3 is 9.47 Å². The molecule has 2 rings (SSSR count). The van der Waals surface area contributed by atoms with Crippen LogP contribution >= 0.6 is 23.2 Å².